The Bertz CT molecular complexity index is 861. The highest BCUT2D eigenvalue weighted by molar-refractivity contribution is 7.92. The van der Waals surface area contributed by atoms with E-state index in [0.717, 1.165) is 31.2 Å². The van der Waals surface area contributed by atoms with Crippen molar-refractivity contribution in [2.75, 3.05) is 4.72 Å². The van der Waals surface area contributed by atoms with Crippen molar-refractivity contribution in [3.8, 4) is 0 Å². The molecule has 0 aliphatic carbocycles. The van der Waals surface area contributed by atoms with Crippen molar-refractivity contribution in [3.63, 3.8) is 0 Å². The predicted octanol–water partition coefficient (Wildman–Crippen LogP) is 4.49. The number of hydrogen-bond donors (Lipinski definition) is 2. The van der Waals surface area contributed by atoms with Crippen molar-refractivity contribution < 1.29 is 13.2 Å². The topological polar surface area (TPSA) is 75.3 Å². The molecule has 1 atom stereocenters. The second-order valence-corrected chi connectivity index (χ2v) is 8.50. The van der Waals surface area contributed by atoms with Gasteiger partial charge in [-0.25, -0.2) is 8.42 Å². The van der Waals surface area contributed by atoms with E-state index in [2.05, 4.69) is 17.0 Å². The van der Waals surface area contributed by atoms with Crippen LogP contribution in [-0.4, -0.2) is 20.4 Å². The van der Waals surface area contributed by atoms with Gasteiger partial charge in [0.15, 0.2) is 0 Å². The maximum absolute atomic E-state index is 12.5. The molecule has 5 nitrogen and oxygen atoms in total. The van der Waals surface area contributed by atoms with Crippen LogP contribution < -0.4 is 10.0 Å². The molecule has 0 aliphatic rings. The highest BCUT2D eigenvalue weighted by Crippen LogP contribution is 2.19. The van der Waals surface area contributed by atoms with E-state index in [1.807, 2.05) is 26.0 Å². The number of anilines is 1. The van der Waals surface area contributed by atoms with Crippen molar-refractivity contribution in [2.45, 2.75) is 57.4 Å². The SMILES string of the molecule is CCCCCC(C)NC(=O)c1ccc(S(=O)(=O)Nc2ccccc2C)cc1. The molecular formula is C21H28N2O3S. The van der Waals surface area contributed by atoms with Gasteiger partial charge in [0, 0.05) is 11.6 Å². The molecule has 2 rings (SSSR count). The maximum atomic E-state index is 12.5. The molecule has 0 aromatic heterocycles. The summed E-state index contributed by atoms with van der Waals surface area (Å²) in [7, 11) is -3.70. The molecule has 0 heterocycles. The number of para-hydroxylation sites is 1. The number of aryl methyl sites for hydroxylation is 1. The Morgan fingerprint density at radius 1 is 1.04 bits per heavy atom. The quantitative estimate of drug-likeness (QED) is 0.621. The van der Waals surface area contributed by atoms with Gasteiger partial charge in [-0.1, -0.05) is 44.4 Å². The second kappa shape index (κ2) is 9.55. The first kappa shape index (κ1) is 21.0. The van der Waals surface area contributed by atoms with E-state index < -0.39 is 10.0 Å². The van der Waals surface area contributed by atoms with Crippen LogP contribution in [0.5, 0.6) is 0 Å². The standard InChI is InChI=1S/C21H28N2O3S/c1-4-5-6-10-17(3)22-21(24)18-12-14-19(15-13-18)27(25,26)23-20-11-8-7-9-16(20)2/h7-9,11-15,17,23H,4-6,10H2,1-3H3,(H,22,24). The molecule has 2 N–H and O–H groups in total. The summed E-state index contributed by atoms with van der Waals surface area (Å²) in [5.74, 6) is -0.185. The zero-order valence-electron chi connectivity index (χ0n) is 16.2. The highest BCUT2D eigenvalue weighted by atomic mass is 32.2. The van der Waals surface area contributed by atoms with Gasteiger partial charge in [0.2, 0.25) is 0 Å². The van der Waals surface area contributed by atoms with Crippen LogP contribution in [0.1, 0.15) is 55.5 Å². The molecule has 0 fully saturated rings. The van der Waals surface area contributed by atoms with Crippen LogP contribution in [0.4, 0.5) is 5.69 Å². The van der Waals surface area contributed by atoms with E-state index in [0.29, 0.717) is 11.3 Å². The summed E-state index contributed by atoms with van der Waals surface area (Å²) in [6, 6.07) is 13.3. The number of benzene rings is 2. The third-order valence-corrected chi connectivity index (χ3v) is 5.82. The first-order valence-electron chi connectivity index (χ1n) is 9.33. The third-order valence-electron chi connectivity index (χ3n) is 4.43. The summed E-state index contributed by atoms with van der Waals surface area (Å²) < 4.78 is 27.7. The minimum absolute atomic E-state index is 0.0928. The predicted molar refractivity (Wildman–Crippen MR) is 109 cm³/mol. The normalized spacial score (nSPS) is 12.4. The van der Waals surface area contributed by atoms with E-state index in [4.69, 9.17) is 0 Å². The van der Waals surface area contributed by atoms with E-state index in [-0.39, 0.29) is 16.8 Å². The van der Waals surface area contributed by atoms with E-state index >= 15 is 0 Å². The van der Waals surface area contributed by atoms with Crippen LogP contribution in [0.15, 0.2) is 53.4 Å². The summed E-state index contributed by atoms with van der Waals surface area (Å²) in [5.41, 5.74) is 1.83. The molecule has 0 spiro atoms. The molecule has 146 valence electrons. The van der Waals surface area contributed by atoms with E-state index in [1.165, 1.54) is 12.1 Å². The molecule has 1 amide bonds. The van der Waals surface area contributed by atoms with Crippen LogP contribution in [0.2, 0.25) is 0 Å². The van der Waals surface area contributed by atoms with Gasteiger partial charge in [0.05, 0.1) is 10.6 Å². The lowest BCUT2D eigenvalue weighted by atomic mass is 10.1. The highest BCUT2D eigenvalue weighted by Gasteiger charge is 2.16. The Kier molecular flexibility index (Phi) is 7.42. The summed E-state index contributed by atoms with van der Waals surface area (Å²) in [4.78, 5) is 12.4. The molecule has 0 saturated carbocycles. The summed E-state index contributed by atoms with van der Waals surface area (Å²) in [6.07, 6.45) is 4.32. The fourth-order valence-corrected chi connectivity index (χ4v) is 3.89. The fourth-order valence-electron chi connectivity index (χ4n) is 2.76. The smallest absolute Gasteiger partial charge is 0.261 e. The number of carbonyl (C=O) groups excluding carboxylic acids is 1. The van der Waals surface area contributed by atoms with Gasteiger partial charge in [-0.3, -0.25) is 9.52 Å². The zero-order chi connectivity index (χ0) is 19.9. The minimum atomic E-state index is -3.70. The van der Waals surface area contributed by atoms with Crippen molar-refractivity contribution >= 4 is 21.6 Å². The van der Waals surface area contributed by atoms with Crippen LogP contribution in [0, 0.1) is 6.92 Å². The number of carbonyl (C=O) groups is 1. The zero-order valence-corrected chi connectivity index (χ0v) is 17.0. The Balaban J connectivity index is 2.03. The molecule has 6 heteroatoms. The van der Waals surface area contributed by atoms with Crippen LogP contribution in [0.3, 0.4) is 0 Å². The first-order valence-corrected chi connectivity index (χ1v) is 10.8. The van der Waals surface area contributed by atoms with Crippen molar-refractivity contribution in [1.82, 2.24) is 5.32 Å². The number of amides is 1. The Morgan fingerprint density at radius 2 is 1.70 bits per heavy atom. The molecule has 1 unspecified atom stereocenters. The number of rotatable bonds is 9. The Hall–Kier alpha value is -2.34. The monoisotopic (exact) mass is 388 g/mol. The van der Waals surface area contributed by atoms with Crippen LogP contribution in [0.25, 0.3) is 0 Å². The molecule has 0 bridgehead atoms. The second-order valence-electron chi connectivity index (χ2n) is 6.82. The van der Waals surface area contributed by atoms with Gasteiger partial charge < -0.3 is 5.32 Å². The average molecular weight is 389 g/mol. The van der Waals surface area contributed by atoms with Gasteiger partial charge in [0.25, 0.3) is 15.9 Å². The maximum Gasteiger partial charge on any atom is 0.261 e. The van der Waals surface area contributed by atoms with Gasteiger partial charge in [-0.15, -0.1) is 0 Å². The third kappa shape index (κ3) is 6.10. The summed E-state index contributed by atoms with van der Waals surface area (Å²) in [6.45, 7) is 5.97. The van der Waals surface area contributed by atoms with Crippen LogP contribution >= 0.6 is 0 Å². The van der Waals surface area contributed by atoms with Gasteiger partial charge in [-0.05, 0) is 56.2 Å². The van der Waals surface area contributed by atoms with Crippen molar-refractivity contribution in [1.29, 1.82) is 0 Å². The number of nitrogens with one attached hydrogen (secondary N) is 2. The number of sulfonamides is 1. The van der Waals surface area contributed by atoms with Crippen molar-refractivity contribution in [2.24, 2.45) is 0 Å². The Labute approximate surface area is 162 Å². The minimum Gasteiger partial charge on any atom is -0.350 e. The van der Waals surface area contributed by atoms with E-state index in [9.17, 15) is 13.2 Å². The molecule has 2 aromatic carbocycles. The molecule has 0 aliphatic heterocycles. The Morgan fingerprint density at radius 3 is 2.33 bits per heavy atom. The molecule has 0 radical (unpaired) electrons. The average Bonchev–Trinajstić information content (AvgIpc) is 2.64. The van der Waals surface area contributed by atoms with Gasteiger partial charge in [-0.2, -0.15) is 0 Å². The lowest BCUT2D eigenvalue weighted by Crippen LogP contribution is -2.32. The first-order chi connectivity index (χ1) is 12.8. The molecule has 0 saturated heterocycles. The molecular weight excluding hydrogens is 360 g/mol. The summed E-state index contributed by atoms with van der Waals surface area (Å²) >= 11 is 0. The number of unbranched alkanes of at least 4 members (excludes halogenated alkanes) is 2. The molecule has 27 heavy (non-hydrogen) atoms. The molecule has 2 aromatic rings. The number of hydrogen-bond acceptors (Lipinski definition) is 3. The summed E-state index contributed by atoms with van der Waals surface area (Å²) in [5, 5.41) is 2.96. The lowest BCUT2D eigenvalue weighted by molar-refractivity contribution is 0.0938. The largest absolute Gasteiger partial charge is 0.350 e. The van der Waals surface area contributed by atoms with Crippen molar-refractivity contribution in [3.05, 3.63) is 59.7 Å². The van der Waals surface area contributed by atoms with E-state index in [1.54, 1.807) is 24.3 Å². The van der Waals surface area contributed by atoms with Gasteiger partial charge >= 0.3 is 0 Å². The van der Waals surface area contributed by atoms with Gasteiger partial charge in [0.1, 0.15) is 0 Å². The van der Waals surface area contributed by atoms with Crippen LogP contribution in [-0.2, 0) is 10.0 Å². The fraction of sp³-hybridized carbons (Fsp3) is 0.381. The lowest BCUT2D eigenvalue weighted by Gasteiger charge is -2.14.